The number of carbonyl (C=O) groups excluding carboxylic acids is 1. The SMILES string of the molecule is O=C(NC[C@H](O)c1cnc2c(cnn2-c2cccc(-c3ncn[nH]3)c2)c1)C1CC1. The van der Waals surface area contributed by atoms with Gasteiger partial charge in [0.15, 0.2) is 11.5 Å². The zero-order valence-corrected chi connectivity index (χ0v) is 15.5. The second-order valence-electron chi connectivity index (χ2n) is 7.16. The van der Waals surface area contributed by atoms with E-state index in [4.69, 9.17) is 0 Å². The Hall–Kier alpha value is -3.59. The molecule has 0 radical (unpaired) electrons. The predicted molar refractivity (Wildman–Crippen MR) is 105 cm³/mol. The molecular weight excluding hydrogens is 370 g/mol. The topological polar surface area (TPSA) is 122 Å². The van der Waals surface area contributed by atoms with E-state index in [9.17, 15) is 9.90 Å². The van der Waals surface area contributed by atoms with Crippen molar-refractivity contribution >= 4 is 16.9 Å². The van der Waals surface area contributed by atoms with Crippen molar-refractivity contribution in [2.45, 2.75) is 18.9 Å². The molecule has 0 bridgehead atoms. The van der Waals surface area contributed by atoms with Crippen LogP contribution in [0, 0.1) is 5.92 Å². The smallest absolute Gasteiger partial charge is 0.223 e. The summed E-state index contributed by atoms with van der Waals surface area (Å²) in [7, 11) is 0. The molecule has 0 unspecified atom stereocenters. The Bertz CT molecular complexity index is 1160. The number of pyridine rings is 1. The van der Waals surface area contributed by atoms with Crippen LogP contribution in [0.25, 0.3) is 28.1 Å². The molecule has 4 aromatic rings. The van der Waals surface area contributed by atoms with Gasteiger partial charge < -0.3 is 10.4 Å². The van der Waals surface area contributed by atoms with Gasteiger partial charge in [0.2, 0.25) is 5.91 Å². The maximum atomic E-state index is 11.8. The van der Waals surface area contributed by atoms with Crippen LogP contribution in [-0.2, 0) is 4.79 Å². The number of aromatic nitrogens is 6. The van der Waals surface area contributed by atoms with E-state index in [2.05, 4.69) is 30.6 Å². The number of carbonyl (C=O) groups is 1. The number of benzene rings is 1. The second kappa shape index (κ2) is 7.10. The van der Waals surface area contributed by atoms with E-state index in [1.165, 1.54) is 6.33 Å². The van der Waals surface area contributed by atoms with Crippen LogP contribution < -0.4 is 5.32 Å². The third-order valence-electron chi connectivity index (χ3n) is 5.01. The minimum absolute atomic E-state index is 0.0116. The summed E-state index contributed by atoms with van der Waals surface area (Å²) in [6.45, 7) is 0.176. The van der Waals surface area contributed by atoms with Crippen LogP contribution in [0.5, 0.6) is 0 Å². The van der Waals surface area contributed by atoms with Gasteiger partial charge in [-0.2, -0.15) is 10.2 Å². The minimum atomic E-state index is -0.812. The monoisotopic (exact) mass is 389 g/mol. The normalized spacial score (nSPS) is 14.8. The van der Waals surface area contributed by atoms with Gasteiger partial charge >= 0.3 is 0 Å². The van der Waals surface area contributed by atoms with Gasteiger partial charge in [-0.3, -0.25) is 9.89 Å². The fraction of sp³-hybridized carbons (Fsp3) is 0.250. The van der Waals surface area contributed by atoms with Crippen molar-refractivity contribution in [3.63, 3.8) is 0 Å². The number of aromatic amines is 1. The molecule has 146 valence electrons. The summed E-state index contributed by atoms with van der Waals surface area (Å²) < 4.78 is 1.74. The molecule has 1 saturated carbocycles. The van der Waals surface area contributed by atoms with E-state index in [0.717, 1.165) is 29.5 Å². The molecule has 3 aromatic heterocycles. The fourth-order valence-corrected chi connectivity index (χ4v) is 3.24. The number of fused-ring (bicyclic) bond motifs is 1. The lowest BCUT2D eigenvalue weighted by molar-refractivity contribution is -0.122. The zero-order chi connectivity index (χ0) is 19.8. The van der Waals surface area contributed by atoms with Crippen LogP contribution in [0.3, 0.4) is 0 Å². The first-order valence-electron chi connectivity index (χ1n) is 9.44. The highest BCUT2D eigenvalue weighted by Crippen LogP contribution is 2.29. The highest BCUT2D eigenvalue weighted by molar-refractivity contribution is 5.81. The summed E-state index contributed by atoms with van der Waals surface area (Å²) in [6, 6.07) is 9.59. The second-order valence-corrected chi connectivity index (χ2v) is 7.16. The standard InChI is InChI=1S/C20H19N7O2/c28-17(10-22-20(29)12-4-5-12)14-6-15-9-25-27(19(15)21-8-14)16-3-1-2-13(7-16)18-23-11-24-26-18/h1-3,6-9,11-12,17,28H,4-5,10H2,(H,22,29)(H,23,24,26)/t17-/m0/s1. The van der Waals surface area contributed by atoms with Crippen molar-refractivity contribution in [3.8, 4) is 17.1 Å². The Morgan fingerprint density at radius 1 is 1.28 bits per heavy atom. The van der Waals surface area contributed by atoms with E-state index in [1.54, 1.807) is 17.1 Å². The average Bonchev–Trinajstić information content (AvgIpc) is 3.29. The molecule has 0 spiro atoms. The average molecular weight is 389 g/mol. The Labute approximate surface area is 165 Å². The molecule has 0 saturated heterocycles. The Kier molecular flexibility index (Phi) is 4.28. The lowest BCUT2D eigenvalue weighted by atomic mass is 10.1. The molecule has 1 aliphatic carbocycles. The number of nitrogens with zero attached hydrogens (tertiary/aromatic N) is 5. The van der Waals surface area contributed by atoms with Crippen molar-refractivity contribution < 1.29 is 9.90 Å². The molecule has 1 atom stereocenters. The Morgan fingerprint density at radius 3 is 2.97 bits per heavy atom. The number of rotatable bonds is 6. The number of aliphatic hydroxyl groups is 1. The van der Waals surface area contributed by atoms with Gasteiger partial charge in [-0.1, -0.05) is 12.1 Å². The van der Waals surface area contributed by atoms with Crippen LogP contribution in [0.15, 0.2) is 49.1 Å². The van der Waals surface area contributed by atoms with Crippen molar-refractivity contribution in [2.75, 3.05) is 6.54 Å². The molecule has 9 nitrogen and oxygen atoms in total. The van der Waals surface area contributed by atoms with Crippen LogP contribution >= 0.6 is 0 Å². The van der Waals surface area contributed by atoms with Crippen molar-refractivity contribution in [1.29, 1.82) is 0 Å². The predicted octanol–water partition coefficient (Wildman–Crippen LogP) is 1.77. The molecule has 1 aliphatic rings. The van der Waals surface area contributed by atoms with Crippen LogP contribution in [0.4, 0.5) is 0 Å². The first-order valence-corrected chi connectivity index (χ1v) is 9.44. The van der Waals surface area contributed by atoms with E-state index in [0.29, 0.717) is 17.0 Å². The summed E-state index contributed by atoms with van der Waals surface area (Å²) in [4.78, 5) is 20.4. The van der Waals surface area contributed by atoms with Crippen molar-refractivity contribution in [3.05, 3.63) is 54.6 Å². The van der Waals surface area contributed by atoms with Gasteiger partial charge in [-0.15, -0.1) is 0 Å². The third-order valence-corrected chi connectivity index (χ3v) is 5.01. The maximum Gasteiger partial charge on any atom is 0.223 e. The first-order chi connectivity index (χ1) is 14.2. The van der Waals surface area contributed by atoms with E-state index in [-0.39, 0.29) is 18.4 Å². The van der Waals surface area contributed by atoms with Crippen molar-refractivity contribution in [2.24, 2.45) is 5.92 Å². The van der Waals surface area contributed by atoms with Crippen molar-refractivity contribution in [1.82, 2.24) is 35.3 Å². The molecule has 3 heterocycles. The fourth-order valence-electron chi connectivity index (χ4n) is 3.24. The summed E-state index contributed by atoms with van der Waals surface area (Å²) in [5.41, 5.74) is 3.05. The van der Waals surface area contributed by atoms with Gasteiger partial charge in [-0.25, -0.2) is 14.6 Å². The van der Waals surface area contributed by atoms with Gasteiger partial charge in [0.1, 0.15) is 6.33 Å². The highest BCUT2D eigenvalue weighted by atomic mass is 16.3. The maximum absolute atomic E-state index is 11.8. The number of H-pyrrole nitrogens is 1. The molecule has 1 aromatic carbocycles. The zero-order valence-electron chi connectivity index (χ0n) is 15.5. The summed E-state index contributed by atoms with van der Waals surface area (Å²) in [6.07, 6.45) is 5.86. The van der Waals surface area contributed by atoms with E-state index >= 15 is 0 Å². The molecule has 0 aliphatic heterocycles. The molecule has 3 N–H and O–H groups in total. The van der Waals surface area contributed by atoms with Crippen LogP contribution in [0.1, 0.15) is 24.5 Å². The van der Waals surface area contributed by atoms with E-state index < -0.39 is 6.10 Å². The summed E-state index contributed by atoms with van der Waals surface area (Å²) in [5.74, 6) is 0.807. The molecular formula is C20H19N7O2. The lowest BCUT2D eigenvalue weighted by Gasteiger charge is -2.12. The van der Waals surface area contributed by atoms with Crippen LogP contribution in [-0.4, -0.2) is 47.5 Å². The largest absolute Gasteiger partial charge is 0.387 e. The van der Waals surface area contributed by atoms with Gasteiger partial charge in [-0.05, 0) is 31.0 Å². The molecule has 9 heteroatoms. The van der Waals surface area contributed by atoms with Gasteiger partial charge in [0.25, 0.3) is 0 Å². The third kappa shape index (κ3) is 3.47. The number of aliphatic hydroxyl groups excluding tert-OH is 1. The van der Waals surface area contributed by atoms with Crippen LogP contribution in [0.2, 0.25) is 0 Å². The molecule has 1 fully saturated rings. The summed E-state index contributed by atoms with van der Waals surface area (Å²) in [5, 5.41) is 25.2. The van der Waals surface area contributed by atoms with Gasteiger partial charge in [0, 0.05) is 35.2 Å². The summed E-state index contributed by atoms with van der Waals surface area (Å²) >= 11 is 0. The number of amides is 1. The highest BCUT2D eigenvalue weighted by Gasteiger charge is 2.29. The molecule has 29 heavy (non-hydrogen) atoms. The number of hydrogen-bond donors (Lipinski definition) is 3. The quantitative estimate of drug-likeness (QED) is 0.462. The Balaban J connectivity index is 1.39. The van der Waals surface area contributed by atoms with E-state index in [1.807, 2.05) is 30.3 Å². The lowest BCUT2D eigenvalue weighted by Crippen LogP contribution is -2.29. The van der Waals surface area contributed by atoms with Gasteiger partial charge in [0.05, 0.1) is 18.0 Å². The minimum Gasteiger partial charge on any atom is -0.387 e. The number of nitrogens with one attached hydrogen (secondary N) is 2. The number of hydrogen-bond acceptors (Lipinski definition) is 6. The first kappa shape index (κ1) is 17.5. The molecule has 5 rings (SSSR count). The molecule has 1 amide bonds. The Morgan fingerprint density at radius 2 is 2.17 bits per heavy atom.